The van der Waals surface area contributed by atoms with Gasteiger partial charge in [0.2, 0.25) is 0 Å². The lowest BCUT2D eigenvalue weighted by Crippen LogP contribution is -2.02. The molecule has 0 saturated heterocycles. The number of nitrogens with zero attached hydrogens (tertiary/aromatic N) is 3. The second-order valence-electron chi connectivity index (χ2n) is 3.20. The van der Waals surface area contributed by atoms with Crippen LogP contribution in [0.4, 0.5) is 0 Å². The fraction of sp³-hybridized carbons (Fsp3) is 0.100. The predicted octanol–water partition coefficient (Wildman–Crippen LogP) is 1.93. The van der Waals surface area contributed by atoms with E-state index in [1.54, 1.807) is 18.2 Å². The fourth-order valence-corrected chi connectivity index (χ4v) is 1.49. The van der Waals surface area contributed by atoms with Gasteiger partial charge in [-0.3, -0.25) is 0 Å². The molecule has 0 unspecified atom stereocenters. The Hall–Kier alpha value is -1.88. The van der Waals surface area contributed by atoms with E-state index >= 15 is 0 Å². The van der Waals surface area contributed by atoms with E-state index in [0.717, 1.165) is 5.56 Å². The summed E-state index contributed by atoms with van der Waals surface area (Å²) >= 11 is 5.96. The molecule has 0 aliphatic rings. The largest absolute Gasteiger partial charge is 0.475 e. The molecule has 1 aromatic carbocycles. The molecule has 0 aliphatic carbocycles. The average Bonchev–Trinajstić information content (AvgIpc) is 2.71. The first kappa shape index (κ1) is 10.6. The minimum absolute atomic E-state index is 0.237. The van der Waals surface area contributed by atoms with Crippen molar-refractivity contribution in [2.24, 2.45) is 0 Å². The van der Waals surface area contributed by atoms with Crippen LogP contribution in [0, 0.1) is 6.92 Å². The van der Waals surface area contributed by atoms with Crippen molar-refractivity contribution in [2.75, 3.05) is 0 Å². The highest BCUT2D eigenvalue weighted by Gasteiger charge is 2.11. The standard InChI is InChI=1S/C10H8ClN3O2/c1-6-7(11)3-2-4-8(6)14-5-12-9(13-14)10(15)16/h2-5H,1H3,(H,15,16). The quantitative estimate of drug-likeness (QED) is 0.867. The van der Waals surface area contributed by atoms with Crippen molar-refractivity contribution in [1.29, 1.82) is 0 Å². The van der Waals surface area contributed by atoms with Gasteiger partial charge in [0.15, 0.2) is 0 Å². The molecule has 0 bridgehead atoms. The van der Waals surface area contributed by atoms with E-state index in [0.29, 0.717) is 10.7 Å². The maximum Gasteiger partial charge on any atom is 0.375 e. The summed E-state index contributed by atoms with van der Waals surface area (Å²) in [6.45, 7) is 1.83. The minimum atomic E-state index is -1.15. The summed E-state index contributed by atoms with van der Waals surface area (Å²) in [4.78, 5) is 14.3. The molecular weight excluding hydrogens is 230 g/mol. The van der Waals surface area contributed by atoms with Crippen molar-refractivity contribution in [2.45, 2.75) is 6.92 Å². The number of benzene rings is 1. The van der Waals surface area contributed by atoms with Crippen molar-refractivity contribution >= 4 is 17.6 Å². The lowest BCUT2D eigenvalue weighted by Gasteiger charge is -2.05. The van der Waals surface area contributed by atoms with E-state index in [4.69, 9.17) is 16.7 Å². The molecule has 6 heteroatoms. The summed E-state index contributed by atoms with van der Waals surface area (Å²) in [6, 6.07) is 5.32. The molecule has 2 aromatic rings. The van der Waals surface area contributed by atoms with E-state index < -0.39 is 5.97 Å². The number of rotatable bonds is 2. The Labute approximate surface area is 96.3 Å². The van der Waals surface area contributed by atoms with E-state index in [-0.39, 0.29) is 5.82 Å². The summed E-state index contributed by atoms with van der Waals surface area (Å²) in [5.41, 5.74) is 1.54. The van der Waals surface area contributed by atoms with Crippen LogP contribution >= 0.6 is 11.6 Å². The number of carbonyl (C=O) groups is 1. The molecule has 0 aliphatic heterocycles. The van der Waals surface area contributed by atoms with Gasteiger partial charge in [0.05, 0.1) is 5.69 Å². The van der Waals surface area contributed by atoms with Crippen LogP contribution in [0.25, 0.3) is 5.69 Å². The Morgan fingerprint density at radius 3 is 2.88 bits per heavy atom. The summed E-state index contributed by atoms with van der Waals surface area (Å²) in [5, 5.41) is 13.1. The molecule has 0 radical (unpaired) electrons. The molecule has 16 heavy (non-hydrogen) atoms. The van der Waals surface area contributed by atoms with Crippen LogP contribution in [0.3, 0.4) is 0 Å². The molecule has 0 amide bonds. The Morgan fingerprint density at radius 1 is 1.50 bits per heavy atom. The molecule has 1 aromatic heterocycles. The number of hydrogen-bond acceptors (Lipinski definition) is 3. The first-order valence-corrected chi connectivity index (χ1v) is 4.88. The van der Waals surface area contributed by atoms with Gasteiger partial charge in [0.1, 0.15) is 6.33 Å². The van der Waals surface area contributed by atoms with Crippen LogP contribution in [-0.2, 0) is 0 Å². The topological polar surface area (TPSA) is 68.0 Å². The second kappa shape index (κ2) is 3.94. The zero-order chi connectivity index (χ0) is 11.7. The third-order valence-corrected chi connectivity index (χ3v) is 2.58. The van der Waals surface area contributed by atoms with Crippen LogP contribution in [0.1, 0.15) is 16.2 Å². The number of halogens is 1. The molecule has 2 rings (SSSR count). The molecule has 82 valence electrons. The second-order valence-corrected chi connectivity index (χ2v) is 3.61. The minimum Gasteiger partial charge on any atom is -0.475 e. The van der Waals surface area contributed by atoms with Crippen molar-refractivity contribution in [3.8, 4) is 5.69 Å². The van der Waals surface area contributed by atoms with Crippen molar-refractivity contribution in [3.63, 3.8) is 0 Å². The number of carboxylic acid groups (broad SMARTS) is 1. The number of aromatic nitrogens is 3. The SMILES string of the molecule is Cc1c(Cl)cccc1-n1cnc(C(=O)O)n1. The van der Waals surface area contributed by atoms with Crippen molar-refractivity contribution in [3.05, 3.63) is 40.9 Å². The molecule has 1 heterocycles. The van der Waals surface area contributed by atoms with Crippen LogP contribution < -0.4 is 0 Å². The maximum atomic E-state index is 10.6. The lowest BCUT2D eigenvalue weighted by molar-refractivity contribution is 0.0683. The molecular formula is C10H8ClN3O2. The Bertz CT molecular complexity index is 551. The van der Waals surface area contributed by atoms with Crippen LogP contribution in [0.5, 0.6) is 0 Å². The van der Waals surface area contributed by atoms with Crippen LogP contribution in [0.15, 0.2) is 24.5 Å². The van der Waals surface area contributed by atoms with E-state index in [2.05, 4.69) is 10.1 Å². The highest BCUT2D eigenvalue weighted by molar-refractivity contribution is 6.31. The van der Waals surface area contributed by atoms with Crippen molar-refractivity contribution in [1.82, 2.24) is 14.8 Å². The summed E-state index contributed by atoms with van der Waals surface area (Å²) in [6.07, 6.45) is 1.35. The van der Waals surface area contributed by atoms with Crippen LogP contribution in [0.2, 0.25) is 5.02 Å². The predicted molar refractivity (Wildman–Crippen MR) is 58.1 cm³/mol. The van der Waals surface area contributed by atoms with Gasteiger partial charge in [0, 0.05) is 5.02 Å². The van der Waals surface area contributed by atoms with Crippen LogP contribution in [-0.4, -0.2) is 25.8 Å². The van der Waals surface area contributed by atoms with E-state index in [9.17, 15) is 4.79 Å². The Kier molecular flexibility index (Phi) is 2.62. The van der Waals surface area contributed by atoms with E-state index in [1.807, 2.05) is 6.92 Å². The first-order valence-electron chi connectivity index (χ1n) is 4.50. The summed E-state index contributed by atoms with van der Waals surface area (Å²) in [7, 11) is 0. The maximum absolute atomic E-state index is 10.6. The first-order chi connectivity index (χ1) is 7.59. The normalized spacial score (nSPS) is 10.4. The van der Waals surface area contributed by atoms with Gasteiger partial charge in [-0.25, -0.2) is 14.5 Å². The number of hydrogen-bond donors (Lipinski definition) is 1. The lowest BCUT2D eigenvalue weighted by atomic mass is 10.2. The molecule has 1 N–H and O–H groups in total. The molecule has 0 atom stereocenters. The summed E-state index contributed by atoms with van der Waals surface area (Å²) in [5.74, 6) is -1.39. The third kappa shape index (κ3) is 1.77. The highest BCUT2D eigenvalue weighted by Crippen LogP contribution is 2.21. The van der Waals surface area contributed by atoms with Gasteiger partial charge >= 0.3 is 5.97 Å². The van der Waals surface area contributed by atoms with Gasteiger partial charge in [-0.05, 0) is 24.6 Å². The third-order valence-electron chi connectivity index (χ3n) is 2.17. The van der Waals surface area contributed by atoms with Gasteiger partial charge in [0.25, 0.3) is 5.82 Å². The fourth-order valence-electron chi connectivity index (χ4n) is 1.32. The van der Waals surface area contributed by atoms with Gasteiger partial charge in [-0.15, -0.1) is 5.10 Å². The average molecular weight is 238 g/mol. The summed E-state index contributed by atoms with van der Waals surface area (Å²) < 4.78 is 1.39. The smallest absolute Gasteiger partial charge is 0.375 e. The molecule has 0 saturated carbocycles. The Balaban J connectivity index is 2.50. The monoisotopic (exact) mass is 237 g/mol. The molecule has 5 nitrogen and oxygen atoms in total. The van der Waals surface area contributed by atoms with E-state index in [1.165, 1.54) is 11.0 Å². The number of carboxylic acids is 1. The zero-order valence-electron chi connectivity index (χ0n) is 8.38. The Morgan fingerprint density at radius 2 is 2.25 bits per heavy atom. The van der Waals surface area contributed by atoms with Crippen molar-refractivity contribution < 1.29 is 9.90 Å². The molecule has 0 spiro atoms. The van der Waals surface area contributed by atoms with Gasteiger partial charge in [-0.2, -0.15) is 0 Å². The number of aromatic carboxylic acids is 1. The van der Waals surface area contributed by atoms with Gasteiger partial charge < -0.3 is 5.11 Å². The molecule has 0 fully saturated rings. The highest BCUT2D eigenvalue weighted by atomic mass is 35.5. The van der Waals surface area contributed by atoms with Gasteiger partial charge in [-0.1, -0.05) is 17.7 Å². The zero-order valence-corrected chi connectivity index (χ0v) is 9.14.